The lowest BCUT2D eigenvalue weighted by molar-refractivity contribution is 0.0322. The van der Waals surface area contributed by atoms with Crippen LogP contribution >= 0.6 is 15.9 Å². The van der Waals surface area contributed by atoms with E-state index in [1.54, 1.807) is 6.07 Å². The standard InChI is InChI=1S/C30H35BrN2O3/c31-30-20-23(3-4-26(30)22-33-11-1-2-12-33)19-25-5-8-27(34)21-29(25)24-6-9-28(10-7-24)36-18-15-32-13-16-35-17-14-32/h3-10,20-21,34H,1-2,11-19,22H2. The number of rotatable bonds is 9. The molecule has 0 saturated carbocycles. The van der Waals surface area contributed by atoms with Gasteiger partial charge in [0.15, 0.2) is 0 Å². The van der Waals surface area contributed by atoms with Gasteiger partial charge in [-0.05, 0) is 90.5 Å². The third-order valence-electron chi connectivity index (χ3n) is 7.14. The number of benzene rings is 3. The van der Waals surface area contributed by atoms with Gasteiger partial charge in [-0.25, -0.2) is 0 Å². The van der Waals surface area contributed by atoms with Gasteiger partial charge in [0.05, 0.1) is 13.2 Å². The Labute approximate surface area is 222 Å². The number of nitrogens with zero attached hydrogens (tertiary/aromatic N) is 2. The molecule has 0 spiro atoms. The fraction of sp³-hybridized carbons (Fsp3) is 0.400. The molecule has 0 amide bonds. The van der Waals surface area contributed by atoms with Crippen LogP contribution in [-0.4, -0.2) is 67.5 Å². The Morgan fingerprint density at radius 1 is 0.833 bits per heavy atom. The zero-order chi connectivity index (χ0) is 24.7. The number of halogens is 1. The lowest BCUT2D eigenvalue weighted by Crippen LogP contribution is -2.38. The van der Waals surface area contributed by atoms with Gasteiger partial charge in [-0.1, -0.05) is 46.3 Å². The number of aromatic hydroxyl groups is 1. The normalized spacial score (nSPS) is 16.9. The molecule has 36 heavy (non-hydrogen) atoms. The maximum Gasteiger partial charge on any atom is 0.119 e. The van der Waals surface area contributed by atoms with Gasteiger partial charge in [-0.15, -0.1) is 0 Å². The Kier molecular flexibility index (Phi) is 8.59. The van der Waals surface area contributed by atoms with E-state index in [0.29, 0.717) is 6.61 Å². The van der Waals surface area contributed by atoms with Gasteiger partial charge in [-0.2, -0.15) is 0 Å². The minimum Gasteiger partial charge on any atom is -0.508 e. The van der Waals surface area contributed by atoms with Gasteiger partial charge < -0.3 is 14.6 Å². The van der Waals surface area contributed by atoms with Gasteiger partial charge in [0.1, 0.15) is 18.1 Å². The van der Waals surface area contributed by atoms with Gasteiger partial charge in [0.2, 0.25) is 0 Å². The first kappa shape index (κ1) is 25.3. The van der Waals surface area contributed by atoms with Gasteiger partial charge >= 0.3 is 0 Å². The predicted molar refractivity (Wildman–Crippen MR) is 148 cm³/mol. The second kappa shape index (κ2) is 12.2. The van der Waals surface area contributed by atoms with Crippen LogP contribution in [0.25, 0.3) is 11.1 Å². The van der Waals surface area contributed by atoms with E-state index in [1.165, 1.54) is 47.1 Å². The maximum absolute atomic E-state index is 10.2. The van der Waals surface area contributed by atoms with Crippen molar-refractivity contribution >= 4 is 15.9 Å². The summed E-state index contributed by atoms with van der Waals surface area (Å²) in [4.78, 5) is 4.89. The minimum atomic E-state index is 0.279. The Morgan fingerprint density at radius 3 is 2.33 bits per heavy atom. The second-order valence-electron chi connectivity index (χ2n) is 9.75. The van der Waals surface area contributed by atoms with E-state index in [2.05, 4.69) is 56.1 Å². The van der Waals surface area contributed by atoms with Crippen LogP contribution in [0.4, 0.5) is 0 Å². The van der Waals surface area contributed by atoms with Crippen molar-refractivity contribution in [3.8, 4) is 22.6 Å². The first-order valence-electron chi connectivity index (χ1n) is 13.0. The highest BCUT2D eigenvalue weighted by Crippen LogP contribution is 2.32. The van der Waals surface area contributed by atoms with Crippen LogP contribution < -0.4 is 4.74 Å². The summed E-state index contributed by atoms with van der Waals surface area (Å²) < 4.78 is 12.6. The molecule has 0 atom stereocenters. The second-order valence-corrected chi connectivity index (χ2v) is 10.6. The van der Waals surface area contributed by atoms with E-state index < -0.39 is 0 Å². The maximum atomic E-state index is 10.2. The van der Waals surface area contributed by atoms with Crippen LogP contribution in [0.1, 0.15) is 29.5 Å². The molecule has 3 aromatic rings. The van der Waals surface area contributed by atoms with Gasteiger partial charge in [0, 0.05) is 30.7 Å². The molecule has 2 heterocycles. The minimum absolute atomic E-state index is 0.279. The topological polar surface area (TPSA) is 45.2 Å². The van der Waals surface area contributed by atoms with Gasteiger partial charge in [0.25, 0.3) is 0 Å². The molecule has 0 radical (unpaired) electrons. The zero-order valence-electron chi connectivity index (χ0n) is 20.8. The van der Waals surface area contributed by atoms with E-state index in [1.807, 2.05) is 24.3 Å². The van der Waals surface area contributed by atoms with Crippen molar-refractivity contribution in [1.82, 2.24) is 9.80 Å². The van der Waals surface area contributed by atoms with Crippen molar-refractivity contribution in [2.75, 3.05) is 52.5 Å². The number of phenols is 1. The number of phenolic OH excluding ortho intramolecular Hbond substituents is 1. The van der Waals surface area contributed by atoms with E-state index in [9.17, 15) is 5.11 Å². The number of likely N-dealkylation sites (tertiary alicyclic amines) is 1. The molecule has 2 aliphatic rings. The third-order valence-corrected chi connectivity index (χ3v) is 7.88. The van der Waals surface area contributed by atoms with Crippen LogP contribution in [0, 0.1) is 0 Å². The van der Waals surface area contributed by atoms with Crippen LogP contribution in [0.15, 0.2) is 65.1 Å². The Morgan fingerprint density at radius 2 is 1.58 bits per heavy atom. The number of hydrogen-bond acceptors (Lipinski definition) is 5. The summed E-state index contributed by atoms with van der Waals surface area (Å²) in [6.45, 7) is 8.53. The van der Waals surface area contributed by atoms with Crippen molar-refractivity contribution in [3.63, 3.8) is 0 Å². The van der Waals surface area contributed by atoms with E-state index in [-0.39, 0.29) is 5.75 Å². The summed E-state index contributed by atoms with van der Waals surface area (Å²) in [7, 11) is 0. The average molecular weight is 552 g/mol. The van der Waals surface area contributed by atoms with Crippen molar-refractivity contribution in [2.24, 2.45) is 0 Å². The molecule has 0 bridgehead atoms. The molecule has 1 N–H and O–H groups in total. The molecule has 3 aromatic carbocycles. The summed E-state index contributed by atoms with van der Waals surface area (Å²) >= 11 is 3.81. The van der Waals surface area contributed by atoms with Crippen molar-refractivity contribution in [2.45, 2.75) is 25.8 Å². The molecule has 0 unspecified atom stereocenters. The highest BCUT2D eigenvalue weighted by Gasteiger charge is 2.15. The van der Waals surface area contributed by atoms with E-state index in [4.69, 9.17) is 9.47 Å². The monoisotopic (exact) mass is 550 g/mol. The number of morpholine rings is 1. The molecule has 5 nitrogen and oxygen atoms in total. The SMILES string of the molecule is Oc1ccc(Cc2ccc(CN3CCCC3)c(Br)c2)c(-c2ccc(OCCN3CCOCC3)cc2)c1. The average Bonchev–Trinajstić information content (AvgIpc) is 3.41. The lowest BCUT2D eigenvalue weighted by atomic mass is 9.94. The van der Waals surface area contributed by atoms with Crippen molar-refractivity contribution < 1.29 is 14.6 Å². The summed E-state index contributed by atoms with van der Waals surface area (Å²) in [5.41, 5.74) is 5.91. The lowest BCUT2D eigenvalue weighted by Gasteiger charge is -2.26. The smallest absolute Gasteiger partial charge is 0.119 e. The fourth-order valence-corrected chi connectivity index (χ4v) is 5.62. The molecule has 2 saturated heterocycles. The Bertz CT molecular complexity index is 1140. The molecule has 5 rings (SSSR count). The molecule has 190 valence electrons. The molecule has 0 aliphatic carbocycles. The van der Waals surface area contributed by atoms with E-state index >= 15 is 0 Å². The summed E-state index contributed by atoms with van der Waals surface area (Å²) in [6.07, 6.45) is 3.41. The predicted octanol–water partition coefficient (Wildman–Crippen LogP) is 5.72. The third kappa shape index (κ3) is 6.68. The quantitative estimate of drug-likeness (QED) is 0.369. The first-order valence-corrected chi connectivity index (χ1v) is 13.8. The molecule has 2 fully saturated rings. The summed E-state index contributed by atoms with van der Waals surface area (Å²) in [5, 5.41) is 10.2. The van der Waals surface area contributed by atoms with Gasteiger partial charge in [-0.3, -0.25) is 9.80 Å². The number of ether oxygens (including phenoxy) is 2. The van der Waals surface area contributed by atoms with Crippen molar-refractivity contribution in [3.05, 3.63) is 81.8 Å². The highest BCUT2D eigenvalue weighted by molar-refractivity contribution is 9.10. The summed E-state index contributed by atoms with van der Waals surface area (Å²) in [5.74, 6) is 1.15. The highest BCUT2D eigenvalue weighted by atomic mass is 79.9. The number of hydrogen-bond donors (Lipinski definition) is 1. The molecular formula is C30H35BrN2O3. The first-order chi connectivity index (χ1) is 17.6. The molecule has 6 heteroatoms. The van der Waals surface area contributed by atoms with Crippen LogP contribution in [-0.2, 0) is 17.7 Å². The molecular weight excluding hydrogens is 516 g/mol. The van der Waals surface area contributed by atoms with Crippen LogP contribution in [0.5, 0.6) is 11.5 Å². The summed E-state index contributed by atoms with van der Waals surface area (Å²) in [6, 6.07) is 20.6. The molecule has 2 aliphatic heterocycles. The van der Waals surface area contributed by atoms with Crippen molar-refractivity contribution in [1.29, 1.82) is 0 Å². The fourth-order valence-electron chi connectivity index (χ4n) is 5.07. The van der Waals surface area contributed by atoms with E-state index in [0.717, 1.165) is 62.7 Å². The van der Waals surface area contributed by atoms with Crippen LogP contribution in [0.3, 0.4) is 0 Å². The Balaban J connectivity index is 1.25. The van der Waals surface area contributed by atoms with Crippen LogP contribution in [0.2, 0.25) is 0 Å². The molecule has 0 aromatic heterocycles. The zero-order valence-corrected chi connectivity index (χ0v) is 22.4. The Hall–Kier alpha value is -2.38. The largest absolute Gasteiger partial charge is 0.508 e.